The molecule has 6 heteroatoms. The second-order valence-electron chi connectivity index (χ2n) is 3.86. The number of amides is 1. The van der Waals surface area contributed by atoms with E-state index in [1.165, 1.54) is 12.3 Å². The van der Waals surface area contributed by atoms with Gasteiger partial charge in [-0.1, -0.05) is 6.92 Å². The highest BCUT2D eigenvalue weighted by Crippen LogP contribution is 2.10. The van der Waals surface area contributed by atoms with Crippen molar-refractivity contribution in [2.45, 2.75) is 20.4 Å². The van der Waals surface area contributed by atoms with Gasteiger partial charge in [0.2, 0.25) is 5.91 Å². The number of hydrogen-bond acceptors (Lipinski definition) is 4. The van der Waals surface area contributed by atoms with Crippen molar-refractivity contribution in [3.05, 3.63) is 23.7 Å². The molecule has 18 heavy (non-hydrogen) atoms. The van der Waals surface area contributed by atoms with Gasteiger partial charge in [0.15, 0.2) is 0 Å². The molecule has 0 bridgehead atoms. The molecule has 6 nitrogen and oxygen atoms in total. The molecule has 2 N–H and O–H groups in total. The molecule has 0 radical (unpaired) electrons. The Labute approximate surface area is 106 Å². The summed E-state index contributed by atoms with van der Waals surface area (Å²) in [5.74, 6) is -0.528. The molecule has 0 aliphatic carbocycles. The van der Waals surface area contributed by atoms with E-state index in [1.807, 2.05) is 18.7 Å². The lowest BCUT2D eigenvalue weighted by Crippen LogP contribution is -2.36. The molecule has 0 unspecified atom stereocenters. The molecule has 1 rings (SSSR count). The van der Waals surface area contributed by atoms with Gasteiger partial charge in [-0.15, -0.1) is 0 Å². The second kappa shape index (κ2) is 6.80. The van der Waals surface area contributed by atoms with Crippen LogP contribution in [0.25, 0.3) is 0 Å². The van der Waals surface area contributed by atoms with Gasteiger partial charge in [0.05, 0.1) is 18.7 Å². The molecular weight excluding hydrogens is 236 g/mol. The number of furan rings is 1. The third-order valence-corrected chi connectivity index (χ3v) is 2.47. The molecule has 0 aromatic carbocycles. The highest BCUT2D eigenvalue weighted by atomic mass is 16.4. The summed E-state index contributed by atoms with van der Waals surface area (Å²) < 4.78 is 5.15. The van der Waals surface area contributed by atoms with Crippen molar-refractivity contribution in [3.63, 3.8) is 0 Å². The molecule has 0 saturated heterocycles. The maximum absolute atomic E-state index is 11.4. The molecule has 0 atom stereocenters. The van der Waals surface area contributed by atoms with E-state index in [1.54, 1.807) is 0 Å². The fourth-order valence-corrected chi connectivity index (χ4v) is 1.53. The third-order valence-electron chi connectivity index (χ3n) is 2.47. The van der Waals surface area contributed by atoms with Crippen molar-refractivity contribution in [2.75, 3.05) is 19.6 Å². The van der Waals surface area contributed by atoms with Crippen LogP contribution < -0.4 is 5.32 Å². The molecule has 100 valence electrons. The summed E-state index contributed by atoms with van der Waals surface area (Å²) in [6.07, 6.45) is 1.21. The SMILES string of the molecule is CCNC(=O)CN(CC)Cc1cc(C(=O)O)co1. The molecular formula is C12H18N2O4. The average Bonchev–Trinajstić information content (AvgIpc) is 2.77. The Hall–Kier alpha value is -1.82. The summed E-state index contributed by atoms with van der Waals surface area (Å²) in [5.41, 5.74) is 0.124. The zero-order valence-corrected chi connectivity index (χ0v) is 10.6. The van der Waals surface area contributed by atoms with Crippen molar-refractivity contribution >= 4 is 11.9 Å². The van der Waals surface area contributed by atoms with Gasteiger partial charge < -0.3 is 14.8 Å². The number of nitrogens with zero attached hydrogens (tertiary/aromatic N) is 1. The minimum Gasteiger partial charge on any atom is -0.478 e. The lowest BCUT2D eigenvalue weighted by Gasteiger charge is -2.18. The fourth-order valence-electron chi connectivity index (χ4n) is 1.53. The van der Waals surface area contributed by atoms with E-state index in [2.05, 4.69) is 5.32 Å². The third kappa shape index (κ3) is 4.21. The smallest absolute Gasteiger partial charge is 0.338 e. The lowest BCUT2D eigenvalue weighted by molar-refractivity contribution is -0.122. The monoisotopic (exact) mass is 254 g/mol. The van der Waals surface area contributed by atoms with E-state index in [4.69, 9.17) is 9.52 Å². The molecule has 0 saturated carbocycles. The van der Waals surface area contributed by atoms with Gasteiger partial charge in [-0.2, -0.15) is 0 Å². The summed E-state index contributed by atoms with van der Waals surface area (Å²) in [5, 5.41) is 11.5. The van der Waals surface area contributed by atoms with Crippen molar-refractivity contribution in [1.82, 2.24) is 10.2 Å². The van der Waals surface area contributed by atoms with Gasteiger partial charge in [-0.3, -0.25) is 9.69 Å². The van der Waals surface area contributed by atoms with Crippen LogP contribution in [0.15, 0.2) is 16.7 Å². The van der Waals surface area contributed by atoms with E-state index < -0.39 is 5.97 Å². The van der Waals surface area contributed by atoms with Crippen LogP contribution >= 0.6 is 0 Å². The van der Waals surface area contributed by atoms with Crippen LogP contribution in [0.5, 0.6) is 0 Å². The predicted octanol–water partition coefficient (Wildman–Crippen LogP) is 0.936. The molecule has 1 amide bonds. The molecule has 1 aromatic heterocycles. The first-order valence-electron chi connectivity index (χ1n) is 5.86. The molecule has 0 aliphatic heterocycles. The van der Waals surface area contributed by atoms with Gasteiger partial charge in [0, 0.05) is 6.54 Å². The summed E-state index contributed by atoms with van der Waals surface area (Å²) in [6.45, 7) is 5.76. The minimum atomic E-state index is -1.02. The summed E-state index contributed by atoms with van der Waals surface area (Å²) in [4.78, 5) is 24.0. The number of carbonyl (C=O) groups excluding carboxylic acids is 1. The number of aromatic carboxylic acids is 1. The maximum Gasteiger partial charge on any atom is 0.338 e. The molecule has 0 spiro atoms. The Bertz CT molecular complexity index is 414. The molecule has 1 heterocycles. The number of likely N-dealkylation sites (N-methyl/N-ethyl adjacent to an activating group) is 2. The number of carboxylic acids is 1. The van der Waals surface area contributed by atoms with Crippen molar-refractivity contribution in [2.24, 2.45) is 0 Å². The van der Waals surface area contributed by atoms with Crippen LogP contribution in [0.2, 0.25) is 0 Å². The van der Waals surface area contributed by atoms with Crippen LogP contribution in [-0.2, 0) is 11.3 Å². The summed E-state index contributed by atoms with van der Waals surface area (Å²) in [7, 11) is 0. The Morgan fingerprint density at radius 3 is 2.67 bits per heavy atom. The molecule has 1 aromatic rings. The van der Waals surface area contributed by atoms with Crippen molar-refractivity contribution in [1.29, 1.82) is 0 Å². The van der Waals surface area contributed by atoms with Crippen LogP contribution in [-0.4, -0.2) is 41.5 Å². The average molecular weight is 254 g/mol. The van der Waals surface area contributed by atoms with Crippen molar-refractivity contribution in [3.8, 4) is 0 Å². The maximum atomic E-state index is 11.4. The standard InChI is InChI=1S/C12H18N2O4/c1-3-13-11(15)7-14(4-2)6-10-5-9(8-18-10)12(16)17/h5,8H,3-4,6-7H2,1-2H3,(H,13,15)(H,16,17). The highest BCUT2D eigenvalue weighted by Gasteiger charge is 2.13. The largest absolute Gasteiger partial charge is 0.478 e. The van der Waals surface area contributed by atoms with E-state index in [-0.39, 0.29) is 18.0 Å². The van der Waals surface area contributed by atoms with Crippen LogP contribution in [0.3, 0.4) is 0 Å². The quantitative estimate of drug-likeness (QED) is 0.756. The highest BCUT2D eigenvalue weighted by molar-refractivity contribution is 5.87. The Kier molecular flexibility index (Phi) is 5.38. The number of hydrogen-bond donors (Lipinski definition) is 2. The van der Waals surface area contributed by atoms with Gasteiger partial charge in [0.1, 0.15) is 12.0 Å². The molecule has 0 aliphatic rings. The first-order valence-corrected chi connectivity index (χ1v) is 5.86. The van der Waals surface area contributed by atoms with E-state index >= 15 is 0 Å². The van der Waals surface area contributed by atoms with Gasteiger partial charge in [-0.25, -0.2) is 4.79 Å². The van der Waals surface area contributed by atoms with E-state index in [0.717, 1.165) is 0 Å². The van der Waals surface area contributed by atoms with E-state index in [9.17, 15) is 9.59 Å². The first kappa shape index (κ1) is 14.2. The summed E-state index contributed by atoms with van der Waals surface area (Å²) >= 11 is 0. The topological polar surface area (TPSA) is 82.8 Å². The Morgan fingerprint density at radius 1 is 1.44 bits per heavy atom. The zero-order valence-electron chi connectivity index (χ0n) is 10.6. The lowest BCUT2D eigenvalue weighted by atomic mass is 10.3. The van der Waals surface area contributed by atoms with Gasteiger partial charge in [-0.05, 0) is 19.5 Å². The van der Waals surface area contributed by atoms with Crippen LogP contribution in [0.1, 0.15) is 30.0 Å². The second-order valence-corrected chi connectivity index (χ2v) is 3.86. The van der Waals surface area contributed by atoms with Crippen LogP contribution in [0.4, 0.5) is 0 Å². The fraction of sp³-hybridized carbons (Fsp3) is 0.500. The zero-order chi connectivity index (χ0) is 13.5. The normalized spacial score (nSPS) is 10.6. The number of carboxylic acid groups (broad SMARTS) is 1. The van der Waals surface area contributed by atoms with E-state index in [0.29, 0.717) is 25.4 Å². The van der Waals surface area contributed by atoms with Gasteiger partial charge in [0.25, 0.3) is 0 Å². The van der Waals surface area contributed by atoms with Gasteiger partial charge >= 0.3 is 5.97 Å². The molecule has 0 fully saturated rings. The van der Waals surface area contributed by atoms with Crippen molar-refractivity contribution < 1.29 is 19.1 Å². The first-order chi connectivity index (χ1) is 8.56. The number of nitrogens with one attached hydrogen (secondary N) is 1. The predicted molar refractivity (Wildman–Crippen MR) is 65.3 cm³/mol. The minimum absolute atomic E-state index is 0.0515. The summed E-state index contributed by atoms with van der Waals surface area (Å²) in [6, 6.07) is 1.47. The van der Waals surface area contributed by atoms with Crippen LogP contribution in [0, 0.1) is 0 Å². The Morgan fingerprint density at radius 2 is 2.17 bits per heavy atom. The number of carbonyl (C=O) groups is 2. The number of rotatable bonds is 7. The Balaban J connectivity index is 2.56.